The van der Waals surface area contributed by atoms with Crippen LogP contribution in [0.25, 0.3) is 0 Å². The number of rotatable bonds is 6. The van der Waals surface area contributed by atoms with E-state index >= 15 is 0 Å². The van der Waals surface area contributed by atoms with E-state index in [9.17, 15) is 44.7 Å². The number of hydrogen-bond donors (Lipinski definition) is 2. The van der Waals surface area contributed by atoms with Crippen molar-refractivity contribution in [2.24, 2.45) is 0 Å². The minimum absolute atomic E-state index is 0.00401. The lowest BCUT2D eigenvalue weighted by molar-refractivity contribution is -0.376. The molecular weight excluding hydrogens is 576 g/mol. The van der Waals surface area contributed by atoms with Gasteiger partial charge in [0.2, 0.25) is 0 Å². The normalized spacial score (nSPS) is 16.3. The number of nitrogens with zero attached hydrogens (tertiary/aromatic N) is 2. The van der Waals surface area contributed by atoms with E-state index in [0.29, 0.717) is 12.1 Å². The van der Waals surface area contributed by atoms with E-state index in [-0.39, 0.29) is 41.6 Å². The average Bonchev–Trinajstić information content (AvgIpc) is 3.36. The Morgan fingerprint density at radius 1 is 1.03 bits per heavy atom. The fraction of sp³-hybridized carbons (Fsp3) is 0.522. The van der Waals surface area contributed by atoms with Crippen LogP contribution < -0.4 is 10.2 Å². The third-order valence-corrected chi connectivity index (χ3v) is 9.08. The van der Waals surface area contributed by atoms with Crippen molar-refractivity contribution < 1.29 is 49.4 Å². The van der Waals surface area contributed by atoms with Crippen LogP contribution in [0, 0.1) is 0 Å². The number of thiophene rings is 1. The third kappa shape index (κ3) is 6.61. The molecule has 2 N–H and O–H groups in total. The van der Waals surface area contributed by atoms with Crippen molar-refractivity contribution >= 4 is 33.1 Å². The van der Waals surface area contributed by atoms with Gasteiger partial charge in [-0.15, -0.1) is 11.3 Å². The molecule has 1 aliphatic heterocycles. The molecule has 8 nitrogen and oxygen atoms in total. The first-order valence-electron chi connectivity index (χ1n) is 11.5. The van der Waals surface area contributed by atoms with Crippen LogP contribution in [-0.4, -0.2) is 68.1 Å². The summed E-state index contributed by atoms with van der Waals surface area (Å²) >= 11 is 1.04. The van der Waals surface area contributed by atoms with Crippen LogP contribution in [0.1, 0.15) is 31.9 Å². The van der Waals surface area contributed by atoms with Gasteiger partial charge in [0.1, 0.15) is 9.81 Å². The Kier molecular flexibility index (Phi) is 8.56. The molecule has 1 saturated heterocycles. The number of nitrogens with one attached hydrogen (secondary N) is 1. The molecule has 0 saturated carbocycles. The highest BCUT2D eigenvalue weighted by atomic mass is 32.2. The number of halogens is 6. The average molecular weight is 604 g/mol. The summed E-state index contributed by atoms with van der Waals surface area (Å²) in [5.41, 5.74) is -7.57. The summed E-state index contributed by atoms with van der Waals surface area (Å²) in [5.74, 6) is 0. The number of amides is 1. The number of piperazine rings is 1. The van der Waals surface area contributed by atoms with Crippen molar-refractivity contribution in [1.82, 2.24) is 9.62 Å². The second kappa shape index (κ2) is 10.8. The van der Waals surface area contributed by atoms with Crippen LogP contribution in [0.15, 0.2) is 39.9 Å². The molecule has 1 fully saturated rings. The standard InChI is InChI=1S/C23H27F6N3O5S2/c1-20(2,3)37-19(33)30-14-15-13-16(21(34,22(24,25)26)23(27,28)29)6-7-17(15)31-8-10-32(11-9-31)39(35,36)18-5-4-12-38-18/h4-7,12-13,34H,8-11,14H2,1-3H3,(H,30,33). The third-order valence-electron chi connectivity index (χ3n) is 5.81. The lowest BCUT2D eigenvalue weighted by atomic mass is 9.90. The number of hydrogen-bond acceptors (Lipinski definition) is 7. The number of alkyl halides is 6. The largest absolute Gasteiger partial charge is 0.444 e. The number of benzene rings is 1. The van der Waals surface area contributed by atoms with Gasteiger partial charge in [0, 0.05) is 44.0 Å². The minimum atomic E-state index is -6.09. The first-order chi connectivity index (χ1) is 17.8. The molecular formula is C23H27F6N3O5S2. The van der Waals surface area contributed by atoms with Gasteiger partial charge in [0.25, 0.3) is 15.6 Å². The van der Waals surface area contributed by atoms with Gasteiger partial charge in [-0.3, -0.25) is 0 Å². The summed E-state index contributed by atoms with van der Waals surface area (Å²) in [6.45, 7) is 4.28. The highest BCUT2D eigenvalue weighted by molar-refractivity contribution is 7.91. The van der Waals surface area contributed by atoms with Crippen LogP contribution in [0.5, 0.6) is 0 Å². The van der Waals surface area contributed by atoms with Gasteiger partial charge in [0.05, 0.1) is 0 Å². The van der Waals surface area contributed by atoms with Gasteiger partial charge in [-0.2, -0.15) is 30.6 Å². The molecule has 1 amide bonds. The van der Waals surface area contributed by atoms with Gasteiger partial charge in [-0.05, 0) is 49.9 Å². The molecule has 0 bridgehead atoms. The van der Waals surface area contributed by atoms with E-state index in [2.05, 4.69) is 5.32 Å². The molecule has 2 aromatic rings. The van der Waals surface area contributed by atoms with Crippen LogP contribution in [0.2, 0.25) is 0 Å². The molecule has 16 heteroatoms. The Morgan fingerprint density at radius 2 is 1.62 bits per heavy atom. The van der Waals surface area contributed by atoms with Crippen molar-refractivity contribution in [3.05, 3.63) is 46.8 Å². The minimum Gasteiger partial charge on any atom is -0.444 e. The number of carbonyl (C=O) groups excluding carboxylic acids is 1. The fourth-order valence-corrected chi connectivity index (χ4v) is 6.50. The topological polar surface area (TPSA) is 99.2 Å². The second-order valence-electron chi connectivity index (χ2n) is 9.73. The first-order valence-corrected chi connectivity index (χ1v) is 13.8. The molecule has 0 radical (unpaired) electrons. The van der Waals surface area contributed by atoms with Crippen LogP contribution in [-0.2, 0) is 26.9 Å². The lowest BCUT2D eigenvalue weighted by Crippen LogP contribution is -2.54. The molecule has 39 heavy (non-hydrogen) atoms. The molecule has 0 aliphatic carbocycles. The zero-order valence-electron chi connectivity index (χ0n) is 21.1. The van der Waals surface area contributed by atoms with E-state index in [4.69, 9.17) is 4.74 Å². The van der Waals surface area contributed by atoms with Gasteiger partial charge in [-0.1, -0.05) is 12.1 Å². The molecule has 1 aliphatic rings. The predicted octanol–water partition coefficient (Wildman–Crippen LogP) is 4.60. The summed E-state index contributed by atoms with van der Waals surface area (Å²) < 4.78 is 113. The molecule has 0 unspecified atom stereocenters. The summed E-state index contributed by atoms with van der Waals surface area (Å²) in [6.07, 6.45) is -13.2. The maximum atomic E-state index is 13.5. The zero-order valence-corrected chi connectivity index (χ0v) is 22.7. The van der Waals surface area contributed by atoms with Gasteiger partial charge >= 0.3 is 18.4 Å². The zero-order chi connectivity index (χ0) is 29.4. The summed E-state index contributed by atoms with van der Waals surface area (Å²) in [4.78, 5) is 13.7. The van der Waals surface area contributed by atoms with Crippen molar-refractivity contribution in [2.45, 2.75) is 55.1 Å². The summed E-state index contributed by atoms with van der Waals surface area (Å²) in [6, 6.07) is 5.06. The van der Waals surface area contributed by atoms with Gasteiger partial charge in [0.15, 0.2) is 0 Å². The quantitative estimate of drug-likeness (QED) is 0.469. The highest BCUT2D eigenvalue weighted by Crippen LogP contribution is 2.50. The smallest absolute Gasteiger partial charge is 0.430 e. The van der Waals surface area contributed by atoms with E-state index in [1.54, 1.807) is 37.1 Å². The van der Waals surface area contributed by atoms with E-state index in [1.165, 1.54) is 10.4 Å². The molecule has 218 valence electrons. The number of ether oxygens (including phenoxy) is 1. The Labute approximate surface area is 225 Å². The summed E-state index contributed by atoms with van der Waals surface area (Å²) in [7, 11) is -3.76. The van der Waals surface area contributed by atoms with Crippen LogP contribution in [0.3, 0.4) is 0 Å². The summed E-state index contributed by atoms with van der Waals surface area (Å²) in [5, 5.41) is 13.8. The second-order valence-corrected chi connectivity index (χ2v) is 12.8. The monoisotopic (exact) mass is 603 g/mol. The maximum Gasteiger partial charge on any atom is 0.430 e. The van der Waals surface area contributed by atoms with Crippen molar-refractivity contribution in [3.63, 3.8) is 0 Å². The Bertz CT molecular complexity index is 1250. The van der Waals surface area contributed by atoms with Crippen molar-refractivity contribution in [3.8, 4) is 0 Å². The van der Waals surface area contributed by atoms with E-state index in [1.807, 2.05) is 0 Å². The Hall–Kier alpha value is -2.56. The molecule has 0 atom stereocenters. The van der Waals surface area contributed by atoms with Crippen molar-refractivity contribution in [2.75, 3.05) is 31.1 Å². The van der Waals surface area contributed by atoms with Gasteiger partial charge in [-0.25, -0.2) is 13.2 Å². The van der Waals surface area contributed by atoms with Gasteiger partial charge < -0.3 is 20.1 Å². The first kappa shape index (κ1) is 31.0. The Balaban J connectivity index is 1.94. The highest BCUT2D eigenvalue weighted by Gasteiger charge is 2.71. The predicted molar refractivity (Wildman–Crippen MR) is 131 cm³/mol. The molecule has 1 aromatic carbocycles. The number of sulfonamides is 1. The Morgan fingerprint density at radius 3 is 2.10 bits per heavy atom. The van der Waals surface area contributed by atoms with E-state index < -0.39 is 51.8 Å². The number of alkyl carbamates (subject to hydrolysis) is 1. The van der Waals surface area contributed by atoms with E-state index in [0.717, 1.165) is 17.4 Å². The number of aliphatic hydroxyl groups is 1. The molecule has 3 rings (SSSR count). The molecule has 2 heterocycles. The number of carbonyl (C=O) groups is 1. The molecule has 0 spiro atoms. The van der Waals surface area contributed by atoms with Crippen LogP contribution in [0.4, 0.5) is 36.8 Å². The van der Waals surface area contributed by atoms with Crippen LogP contribution >= 0.6 is 11.3 Å². The lowest BCUT2D eigenvalue weighted by Gasteiger charge is -2.37. The molecule has 1 aromatic heterocycles. The SMILES string of the molecule is CC(C)(C)OC(=O)NCc1cc(C(O)(C(F)(F)F)C(F)(F)F)ccc1N1CCN(S(=O)(=O)c2cccs2)CC1. The fourth-order valence-electron chi connectivity index (χ4n) is 3.94. The number of anilines is 1. The van der Waals surface area contributed by atoms with Crippen molar-refractivity contribution in [1.29, 1.82) is 0 Å². The maximum absolute atomic E-state index is 13.5.